The average Bonchev–Trinajstić information content (AvgIpc) is 3.00. The first-order valence-corrected chi connectivity index (χ1v) is 9.40. The van der Waals surface area contributed by atoms with Gasteiger partial charge in [0.15, 0.2) is 0 Å². The zero-order valence-electron chi connectivity index (χ0n) is 15.9. The molecule has 0 spiro atoms. The van der Waals surface area contributed by atoms with E-state index in [1.54, 1.807) is 18.3 Å². The lowest BCUT2D eigenvalue weighted by molar-refractivity contribution is -0.121. The van der Waals surface area contributed by atoms with Crippen LogP contribution in [-0.2, 0) is 11.3 Å². The molecular formula is C23H20FN3O2. The number of carbonyl (C=O) groups excluding carboxylic acids is 2. The van der Waals surface area contributed by atoms with Crippen LogP contribution in [-0.4, -0.2) is 16.8 Å². The van der Waals surface area contributed by atoms with Gasteiger partial charge in [0.05, 0.1) is 23.7 Å². The van der Waals surface area contributed by atoms with Crippen molar-refractivity contribution in [1.29, 1.82) is 0 Å². The van der Waals surface area contributed by atoms with Crippen molar-refractivity contribution in [3.63, 3.8) is 0 Å². The number of nitrogens with zero attached hydrogens (tertiary/aromatic N) is 2. The molecule has 0 aliphatic carbocycles. The van der Waals surface area contributed by atoms with Crippen LogP contribution in [0.3, 0.4) is 0 Å². The Morgan fingerprint density at radius 2 is 1.86 bits per heavy atom. The Bertz CT molecular complexity index is 1070. The van der Waals surface area contributed by atoms with Crippen LogP contribution < -0.4 is 10.2 Å². The van der Waals surface area contributed by atoms with Crippen LogP contribution in [0, 0.1) is 12.7 Å². The molecular weight excluding hydrogens is 369 g/mol. The first kappa shape index (κ1) is 18.8. The predicted octanol–water partition coefficient (Wildman–Crippen LogP) is 3.94. The molecule has 0 bridgehead atoms. The SMILES string of the molecule is Cc1ccccc1CNC(=O)C[C@H]1c2ncccc2C(=O)N1c1ccc(F)cc1. The van der Waals surface area contributed by atoms with Crippen LogP contribution in [0.5, 0.6) is 0 Å². The zero-order valence-corrected chi connectivity index (χ0v) is 15.9. The second-order valence-corrected chi connectivity index (χ2v) is 7.01. The van der Waals surface area contributed by atoms with E-state index in [0.717, 1.165) is 11.1 Å². The Morgan fingerprint density at radius 3 is 2.62 bits per heavy atom. The van der Waals surface area contributed by atoms with Gasteiger partial charge in [-0.15, -0.1) is 0 Å². The number of benzene rings is 2. The molecule has 6 heteroatoms. The van der Waals surface area contributed by atoms with E-state index in [2.05, 4.69) is 10.3 Å². The highest BCUT2D eigenvalue weighted by Gasteiger charge is 2.39. The maximum absolute atomic E-state index is 13.4. The number of amides is 2. The minimum atomic E-state index is -0.541. The fourth-order valence-electron chi connectivity index (χ4n) is 3.59. The van der Waals surface area contributed by atoms with Crippen molar-refractivity contribution in [3.05, 3.63) is 95.1 Å². The Balaban J connectivity index is 1.57. The number of hydrogen-bond donors (Lipinski definition) is 1. The molecule has 146 valence electrons. The maximum Gasteiger partial charge on any atom is 0.260 e. The summed E-state index contributed by atoms with van der Waals surface area (Å²) in [4.78, 5) is 31.5. The van der Waals surface area contributed by atoms with E-state index in [0.29, 0.717) is 23.5 Å². The van der Waals surface area contributed by atoms with Gasteiger partial charge in [0, 0.05) is 18.4 Å². The zero-order chi connectivity index (χ0) is 20.4. The number of fused-ring (bicyclic) bond motifs is 1. The van der Waals surface area contributed by atoms with Gasteiger partial charge in [-0.3, -0.25) is 19.5 Å². The van der Waals surface area contributed by atoms with E-state index in [-0.39, 0.29) is 24.1 Å². The quantitative estimate of drug-likeness (QED) is 0.719. The van der Waals surface area contributed by atoms with Gasteiger partial charge in [-0.25, -0.2) is 4.39 Å². The number of nitrogens with one attached hydrogen (secondary N) is 1. The number of aromatic nitrogens is 1. The first-order valence-electron chi connectivity index (χ1n) is 9.40. The smallest absolute Gasteiger partial charge is 0.260 e. The lowest BCUT2D eigenvalue weighted by atomic mass is 10.1. The number of aryl methyl sites for hydroxylation is 1. The van der Waals surface area contributed by atoms with Gasteiger partial charge in [0.25, 0.3) is 5.91 Å². The summed E-state index contributed by atoms with van der Waals surface area (Å²) in [6, 6.07) is 16.4. The number of hydrogen-bond acceptors (Lipinski definition) is 3. The third-order valence-electron chi connectivity index (χ3n) is 5.14. The molecule has 2 aromatic carbocycles. The summed E-state index contributed by atoms with van der Waals surface area (Å²) >= 11 is 0. The summed E-state index contributed by atoms with van der Waals surface area (Å²) in [5, 5.41) is 2.93. The van der Waals surface area contributed by atoms with E-state index >= 15 is 0 Å². The Labute approximate surface area is 168 Å². The average molecular weight is 389 g/mol. The van der Waals surface area contributed by atoms with Crippen molar-refractivity contribution in [2.24, 2.45) is 0 Å². The van der Waals surface area contributed by atoms with Gasteiger partial charge in [0.1, 0.15) is 5.82 Å². The fourth-order valence-corrected chi connectivity index (χ4v) is 3.59. The van der Waals surface area contributed by atoms with Crippen molar-refractivity contribution in [2.45, 2.75) is 25.9 Å². The number of carbonyl (C=O) groups is 2. The molecule has 2 amide bonds. The topological polar surface area (TPSA) is 62.3 Å². The van der Waals surface area contributed by atoms with Gasteiger partial charge < -0.3 is 5.32 Å². The summed E-state index contributed by atoms with van der Waals surface area (Å²) in [5.41, 5.74) is 3.70. The molecule has 1 aliphatic rings. The van der Waals surface area contributed by atoms with Crippen LogP contribution in [0.4, 0.5) is 10.1 Å². The third kappa shape index (κ3) is 3.74. The molecule has 29 heavy (non-hydrogen) atoms. The second kappa shape index (κ2) is 7.83. The Morgan fingerprint density at radius 1 is 1.10 bits per heavy atom. The molecule has 1 aromatic heterocycles. The van der Waals surface area contributed by atoms with Crippen LogP contribution in [0.1, 0.15) is 39.6 Å². The van der Waals surface area contributed by atoms with Gasteiger partial charge in [-0.2, -0.15) is 0 Å². The van der Waals surface area contributed by atoms with E-state index < -0.39 is 6.04 Å². The van der Waals surface area contributed by atoms with Crippen LogP contribution in [0.25, 0.3) is 0 Å². The molecule has 1 atom stereocenters. The molecule has 2 heterocycles. The van der Waals surface area contributed by atoms with Gasteiger partial charge in [-0.1, -0.05) is 24.3 Å². The minimum absolute atomic E-state index is 0.0685. The highest BCUT2D eigenvalue weighted by Crippen LogP contribution is 2.38. The van der Waals surface area contributed by atoms with Crippen LogP contribution >= 0.6 is 0 Å². The lowest BCUT2D eigenvalue weighted by Gasteiger charge is -2.24. The van der Waals surface area contributed by atoms with E-state index in [1.807, 2.05) is 31.2 Å². The number of pyridine rings is 1. The Hall–Kier alpha value is -3.54. The number of halogens is 1. The summed E-state index contributed by atoms with van der Waals surface area (Å²) in [5.74, 6) is -0.809. The molecule has 0 fully saturated rings. The standard InChI is InChI=1S/C23H20FN3O2/c1-15-5-2-3-6-16(15)14-26-21(28)13-20-22-19(7-4-12-25-22)23(29)27(20)18-10-8-17(24)9-11-18/h2-12,20H,13-14H2,1H3,(H,26,28)/t20-/m0/s1. The lowest BCUT2D eigenvalue weighted by Crippen LogP contribution is -2.33. The fraction of sp³-hybridized carbons (Fsp3) is 0.174. The molecule has 0 unspecified atom stereocenters. The summed E-state index contributed by atoms with van der Waals surface area (Å²) in [7, 11) is 0. The van der Waals surface area contributed by atoms with Crippen molar-refractivity contribution in [3.8, 4) is 0 Å². The molecule has 1 aliphatic heterocycles. The molecule has 4 rings (SSSR count). The van der Waals surface area contributed by atoms with E-state index in [1.165, 1.54) is 29.2 Å². The minimum Gasteiger partial charge on any atom is -0.352 e. The maximum atomic E-state index is 13.4. The number of anilines is 1. The molecule has 0 saturated heterocycles. The largest absolute Gasteiger partial charge is 0.352 e. The van der Waals surface area contributed by atoms with Gasteiger partial charge in [-0.05, 0) is 54.4 Å². The van der Waals surface area contributed by atoms with E-state index in [9.17, 15) is 14.0 Å². The predicted molar refractivity (Wildman–Crippen MR) is 108 cm³/mol. The second-order valence-electron chi connectivity index (χ2n) is 7.01. The van der Waals surface area contributed by atoms with Crippen molar-refractivity contribution >= 4 is 17.5 Å². The molecule has 0 saturated carbocycles. The summed E-state index contributed by atoms with van der Waals surface area (Å²) in [6.07, 6.45) is 1.68. The highest BCUT2D eigenvalue weighted by molar-refractivity contribution is 6.11. The molecule has 3 aromatic rings. The number of rotatable bonds is 5. The monoisotopic (exact) mass is 389 g/mol. The van der Waals surface area contributed by atoms with Gasteiger partial charge >= 0.3 is 0 Å². The normalized spacial score (nSPS) is 15.3. The Kier molecular flexibility index (Phi) is 5.08. The van der Waals surface area contributed by atoms with Crippen molar-refractivity contribution in [2.75, 3.05) is 4.90 Å². The van der Waals surface area contributed by atoms with Gasteiger partial charge in [0.2, 0.25) is 5.91 Å². The summed E-state index contributed by atoms with van der Waals surface area (Å²) < 4.78 is 13.4. The molecule has 0 radical (unpaired) electrons. The van der Waals surface area contributed by atoms with Crippen molar-refractivity contribution < 1.29 is 14.0 Å². The third-order valence-corrected chi connectivity index (χ3v) is 5.14. The first-order chi connectivity index (χ1) is 14.0. The highest BCUT2D eigenvalue weighted by atomic mass is 19.1. The molecule has 5 nitrogen and oxygen atoms in total. The summed E-state index contributed by atoms with van der Waals surface area (Å²) in [6.45, 7) is 2.41. The van der Waals surface area contributed by atoms with E-state index in [4.69, 9.17) is 0 Å². The van der Waals surface area contributed by atoms with Crippen LogP contribution in [0.15, 0.2) is 66.9 Å². The molecule has 1 N–H and O–H groups in total. The van der Waals surface area contributed by atoms with Crippen LogP contribution in [0.2, 0.25) is 0 Å². The van der Waals surface area contributed by atoms with Crippen molar-refractivity contribution in [1.82, 2.24) is 10.3 Å².